The number of amides is 1. The van der Waals surface area contributed by atoms with Gasteiger partial charge in [0.05, 0.1) is 0 Å². The van der Waals surface area contributed by atoms with Gasteiger partial charge in [0.25, 0.3) is 5.91 Å². The van der Waals surface area contributed by atoms with Crippen LogP contribution in [0.5, 0.6) is 0 Å². The van der Waals surface area contributed by atoms with Crippen LogP contribution in [0.15, 0.2) is 22.7 Å². The van der Waals surface area contributed by atoms with E-state index in [4.69, 9.17) is 0 Å². The molecule has 5 heteroatoms. The predicted octanol–water partition coefficient (Wildman–Crippen LogP) is 2.56. The van der Waals surface area contributed by atoms with Gasteiger partial charge in [0.15, 0.2) is 5.60 Å². The van der Waals surface area contributed by atoms with Crippen LogP contribution in [0.4, 0.5) is 5.69 Å². The first-order valence-corrected chi connectivity index (χ1v) is 7.34. The maximum atomic E-state index is 11.9. The molecule has 1 heterocycles. The number of rotatable bonds is 2. The van der Waals surface area contributed by atoms with Gasteiger partial charge in [-0.2, -0.15) is 11.8 Å². The van der Waals surface area contributed by atoms with Crippen molar-refractivity contribution in [1.29, 1.82) is 0 Å². The van der Waals surface area contributed by atoms with Crippen LogP contribution in [-0.4, -0.2) is 28.1 Å². The van der Waals surface area contributed by atoms with Gasteiger partial charge in [-0.1, -0.05) is 22.0 Å². The molecule has 92 valence electrons. The predicted molar refractivity (Wildman–Crippen MR) is 74.4 cm³/mol. The van der Waals surface area contributed by atoms with Crippen molar-refractivity contribution < 1.29 is 9.90 Å². The van der Waals surface area contributed by atoms with Crippen LogP contribution < -0.4 is 5.32 Å². The highest BCUT2D eigenvalue weighted by Gasteiger charge is 2.39. The number of benzene rings is 1. The molecule has 1 amide bonds. The SMILES string of the molecule is Cc1ccc(NC(=O)C2(O)CCSC2)cc1Br. The van der Waals surface area contributed by atoms with E-state index in [0.29, 0.717) is 17.9 Å². The maximum Gasteiger partial charge on any atom is 0.257 e. The third kappa shape index (κ3) is 2.84. The Labute approximate surface area is 113 Å². The van der Waals surface area contributed by atoms with Gasteiger partial charge in [-0.25, -0.2) is 0 Å². The summed E-state index contributed by atoms with van der Waals surface area (Å²) in [6, 6.07) is 5.61. The fraction of sp³-hybridized carbons (Fsp3) is 0.417. The van der Waals surface area contributed by atoms with Gasteiger partial charge in [-0.15, -0.1) is 0 Å². The van der Waals surface area contributed by atoms with Crippen LogP contribution in [0.2, 0.25) is 0 Å². The summed E-state index contributed by atoms with van der Waals surface area (Å²) in [6.07, 6.45) is 0.524. The Kier molecular flexibility index (Phi) is 3.80. The number of anilines is 1. The molecule has 0 spiro atoms. The molecule has 1 fully saturated rings. The molecule has 1 aliphatic heterocycles. The van der Waals surface area contributed by atoms with Gasteiger partial charge in [-0.3, -0.25) is 4.79 Å². The van der Waals surface area contributed by atoms with E-state index in [-0.39, 0.29) is 5.91 Å². The molecule has 0 saturated carbocycles. The van der Waals surface area contributed by atoms with E-state index in [0.717, 1.165) is 15.8 Å². The van der Waals surface area contributed by atoms with Crippen molar-refractivity contribution in [3.63, 3.8) is 0 Å². The molecule has 1 unspecified atom stereocenters. The highest BCUT2D eigenvalue weighted by atomic mass is 79.9. The Hall–Kier alpha value is -0.520. The van der Waals surface area contributed by atoms with E-state index >= 15 is 0 Å². The van der Waals surface area contributed by atoms with Gasteiger partial charge < -0.3 is 10.4 Å². The van der Waals surface area contributed by atoms with E-state index in [2.05, 4.69) is 21.2 Å². The Bertz CT molecular complexity index is 444. The lowest BCUT2D eigenvalue weighted by atomic mass is 10.0. The van der Waals surface area contributed by atoms with Gasteiger partial charge >= 0.3 is 0 Å². The summed E-state index contributed by atoms with van der Waals surface area (Å²) >= 11 is 5.02. The van der Waals surface area contributed by atoms with Gasteiger partial charge in [0.2, 0.25) is 0 Å². The zero-order valence-electron chi connectivity index (χ0n) is 9.50. The molecule has 3 nitrogen and oxygen atoms in total. The molecule has 0 aromatic heterocycles. The zero-order chi connectivity index (χ0) is 12.5. The summed E-state index contributed by atoms with van der Waals surface area (Å²) in [5.41, 5.74) is 0.609. The molecular weight excluding hydrogens is 302 g/mol. The molecule has 2 N–H and O–H groups in total. The van der Waals surface area contributed by atoms with Crippen molar-refractivity contribution in [1.82, 2.24) is 0 Å². The summed E-state index contributed by atoms with van der Waals surface area (Å²) in [7, 11) is 0. The Morgan fingerprint density at radius 1 is 1.59 bits per heavy atom. The number of hydrogen-bond donors (Lipinski definition) is 2. The fourth-order valence-electron chi connectivity index (χ4n) is 1.65. The first kappa shape index (κ1) is 12.9. The van der Waals surface area contributed by atoms with E-state index in [1.54, 1.807) is 11.8 Å². The van der Waals surface area contributed by atoms with Gasteiger partial charge in [0, 0.05) is 15.9 Å². The second kappa shape index (κ2) is 5.00. The first-order chi connectivity index (χ1) is 8.01. The topological polar surface area (TPSA) is 49.3 Å². The van der Waals surface area contributed by atoms with Crippen LogP contribution in [0.25, 0.3) is 0 Å². The van der Waals surface area contributed by atoms with E-state index < -0.39 is 5.60 Å². The van der Waals surface area contributed by atoms with Crippen LogP contribution in [0.1, 0.15) is 12.0 Å². The number of hydrogen-bond acceptors (Lipinski definition) is 3. The van der Waals surface area contributed by atoms with Crippen LogP contribution in [0, 0.1) is 6.92 Å². The number of carbonyl (C=O) groups is 1. The van der Waals surface area contributed by atoms with Crippen molar-refractivity contribution in [3.8, 4) is 0 Å². The number of carbonyl (C=O) groups excluding carboxylic acids is 1. The van der Waals surface area contributed by atoms with Gasteiger partial charge in [-0.05, 0) is 36.8 Å². The van der Waals surface area contributed by atoms with E-state index in [1.165, 1.54) is 0 Å². The Morgan fingerprint density at radius 2 is 2.35 bits per heavy atom. The molecule has 2 rings (SSSR count). The number of thioether (sulfide) groups is 1. The monoisotopic (exact) mass is 315 g/mol. The third-order valence-corrected chi connectivity index (χ3v) is 4.88. The van der Waals surface area contributed by atoms with E-state index in [1.807, 2.05) is 25.1 Å². The maximum absolute atomic E-state index is 11.9. The lowest BCUT2D eigenvalue weighted by Crippen LogP contribution is -2.42. The molecule has 1 saturated heterocycles. The summed E-state index contributed by atoms with van der Waals surface area (Å²) in [5.74, 6) is 1.01. The number of nitrogens with one attached hydrogen (secondary N) is 1. The second-order valence-corrected chi connectivity index (χ2v) is 6.21. The lowest BCUT2D eigenvalue weighted by molar-refractivity contribution is -0.131. The number of halogens is 1. The molecule has 1 aliphatic rings. The van der Waals surface area contributed by atoms with Crippen LogP contribution in [0.3, 0.4) is 0 Å². The largest absolute Gasteiger partial charge is 0.379 e. The van der Waals surface area contributed by atoms with Crippen molar-refractivity contribution >= 4 is 39.3 Å². The van der Waals surface area contributed by atoms with Crippen molar-refractivity contribution in [2.24, 2.45) is 0 Å². The molecule has 0 bridgehead atoms. The molecular formula is C12H14BrNO2S. The fourth-order valence-corrected chi connectivity index (χ4v) is 3.27. The van der Waals surface area contributed by atoms with Crippen molar-refractivity contribution in [2.75, 3.05) is 16.8 Å². The Balaban J connectivity index is 2.10. The highest BCUT2D eigenvalue weighted by molar-refractivity contribution is 9.10. The highest BCUT2D eigenvalue weighted by Crippen LogP contribution is 2.29. The minimum absolute atomic E-state index is 0.307. The normalized spacial score (nSPS) is 23.7. The minimum Gasteiger partial charge on any atom is -0.379 e. The summed E-state index contributed by atoms with van der Waals surface area (Å²) in [5, 5.41) is 12.9. The molecule has 1 aromatic carbocycles. The average Bonchev–Trinajstić information content (AvgIpc) is 2.72. The molecule has 1 atom stereocenters. The molecule has 0 radical (unpaired) electrons. The van der Waals surface area contributed by atoms with E-state index in [9.17, 15) is 9.90 Å². The number of aryl methyl sites for hydroxylation is 1. The minimum atomic E-state index is -1.21. The Morgan fingerprint density at radius 3 is 2.94 bits per heavy atom. The quantitative estimate of drug-likeness (QED) is 0.882. The van der Waals surface area contributed by atoms with Crippen LogP contribution in [-0.2, 0) is 4.79 Å². The zero-order valence-corrected chi connectivity index (χ0v) is 11.9. The molecule has 1 aromatic rings. The molecule has 17 heavy (non-hydrogen) atoms. The standard InChI is InChI=1S/C12H14BrNO2S/c1-8-2-3-9(6-10(8)13)14-11(15)12(16)4-5-17-7-12/h2-3,6,16H,4-5,7H2,1H3,(H,14,15). The second-order valence-electron chi connectivity index (χ2n) is 4.25. The summed E-state index contributed by atoms with van der Waals surface area (Å²) in [6.45, 7) is 1.98. The number of aliphatic hydroxyl groups is 1. The first-order valence-electron chi connectivity index (χ1n) is 5.39. The summed E-state index contributed by atoms with van der Waals surface area (Å²) in [4.78, 5) is 11.9. The summed E-state index contributed by atoms with van der Waals surface area (Å²) < 4.78 is 0.947. The van der Waals surface area contributed by atoms with Crippen molar-refractivity contribution in [2.45, 2.75) is 18.9 Å². The van der Waals surface area contributed by atoms with Crippen molar-refractivity contribution in [3.05, 3.63) is 28.2 Å². The average molecular weight is 316 g/mol. The smallest absolute Gasteiger partial charge is 0.257 e. The van der Waals surface area contributed by atoms with Gasteiger partial charge in [0.1, 0.15) is 0 Å². The lowest BCUT2D eigenvalue weighted by Gasteiger charge is -2.20. The molecule has 0 aliphatic carbocycles. The third-order valence-electron chi connectivity index (χ3n) is 2.85. The van der Waals surface area contributed by atoms with Crippen LogP contribution >= 0.6 is 27.7 Å².